The normalized spacial score (nSPS) is 13.6. The van der Waals surface area contributed by atoms with Crippen molar-refractivity contribution in [2.45, 2.75) is 86.5 Å². The molecule has 1 aromatic rings. The van der Waals surface area contributed by atoms with Crippen LogP contribution in [0.5, 0.6) is 0 Å². The van der Waals surface area contributed by atoms with Crippen molar-refractivity contribution < 1.29 is 0 Å². The van der Waals surface area contributed by atoms with Gasteiger partial charge in [0.25, 0.3) is 0 Å². The molecule has 1 rings (SSSR count). The summed E-state index contributed by atoms with van der Waals surface area (Å²) in [5.41, 5.74) is 1.64. The fourth-order valence-electron chi connectivity index (χ4n) is 2.91. The first-order valence-electron chi connectivity index (χ1n) is 9.05. The summed E-state index contributed by atoms with van der Waals surface area (Å²) in [4.78, 5) is 7.59. The summed E-state index contributed by atoms with van der Waals surface area (Å²) in [5, 5.41) is 2.46. The molecule has 0 aliphatic carbocycles. The van der Waals surface area contributed by atoms with E-state index in [0.29, 0.717) is 0 Å². The van der Waals surface area contributed by atoms with Crippen LogP contribution in [0.2, 0.25) is 14.8 Å². The second kappa shape index (κ2) is 10.3. The van der Waals surface area contributed by atoms with Gasteiger partial charge in [0.2, 0.25) is 0 Å². The molecule has 0 saturated carbocycles. The van der Waals surface area contributed by atoms with Crippen LogP contribution in [0.25, 0.3) is 0 Å². The number of hydrogen-bond acceptors (Lipinski definition) is 1. The van der Waals surface area contributed by atoms with Crippen LogP contribution < -0.4 is 2.89 Å². The van der Waals surface area contributed by atoms with Crippen LogP contribution in [0.4, 0.5) is 0 Å². The molecule has 0 nitrogen and oxygen atoms in total. The molecule has 122 valence electrons. The van der Waals surface area contributed by atoms with Crippen LogP contribution in [0.1, 0.15) is 70.8 Å². The van der Waals surface area contributed by atoms with Crippen molar-refractivity contribution in [2.24, 2.45) is 5.92 Å². The van der Waals surface area contributed by atoms with Crippen LogP contribution >= 0.6 is 11.3 Å². The summed E-state index contributed by atoms with van der Waals surface area (Å²) in [6, 6.07) is 2.56. The molecule has 0 aliphatic rings. The van der Waals surface area contributed by atoms with E-state index in [0.717, 1.165) is 5.92 Å². The van der Waals surface area contributed by atoms with Crippen molar-refractivity contribution in [1.82, 2.24) is 0 Å². The monoisotopic (exact) mass is 416 g/mol. The summed E-state index contributed by atoms with van der Waals surface area (Å²) < 4.78 is 1.75. The summed E-state index contributed by atoms with van der Waals surface area (Å²) >= 11 is 0.217. The third-order valence-corrected chi connectivity index (χ3v) is 14.9. The van der Waals surface area contributed by atoms with Crippen LogP contribution in [-0.2, 0) is 6.42 Å². The van der Waals surface area contributed by atoms with Gasteiger partial charge in [-0.15, -0.1) is 0 Å². The molecule has 0 bridgehead atoms. The summed E-state index contributed by atoms with van der Waals surface area (Å²) in [5.74, 6) is 0.930. The first kappa shape index (κ1) is 19.5. The molecule has 1 atom stereocenters. The summed E-state index contributed by atoms with van der Waals surface area (Å²) in [7, 11) is 0. The van der Waals surface area contributed by atoms with Crippen molar-refractivity contribution in [3.05, 3.63) is 17.0 Å². The Morgan fingerprint density at radius 1 is 0.952 bits per heavy atom. The number of rotatable bonds is 11. The first-order chi connectivity index (χ1) is 9.97. The van der Waals surface area contributed by atoms with E-state index in [2.05, 4.69) is 40.1 Å². The van der Waals surface area contributed by atoms with Crippen LogP contribution in [0.15, 0.2) is 11.4 Å². The quantitative estimate of drug-likeness (QED) is 0.282. The number of hydrogen-bond donors (Lipinski definition) is 0. The molecular weight excluding hydrogens is 379 g/mol. The molecule has 0 radical (unpaired) electrons. The fraction of sp³-hybridized carbons (Fsp3) is 0.789. The predicted octanol–water partition coefficient (Wildman–Crippen LogP) is 6.61. The van der Waals surface area contributed by atoms with Crippen molar-refractivity contribution in [2.75, 3.05) is 0 Å². The van der Waals surface area contributed by atoms with Gasteiger partial charge in [-0.3, -0.25) is 0 Å². The van der Waals surface area contributed by atoms with Crippen LogP contribution in [0, 0.1) is 5.92 Å². The van der Waals surface area contributed by atoms with Crippen molar-refractivity contribution in [3.8, 4) is 0 Å². The molecule has 0 aliphatic heterocycles. The molecule has 1 heterocycles. The van der Waals surface area contributed by atoms with Crippen LogP contribution in [-0.4, -0.2) is 18.4 Å². The van der Waals surface area contributed by atoms with Crippen molar-refractivity contribution >= 4 is 32.6 Å². The molecule has 1 unspecified atom stereocenters. The van der Waals surface area contributed by atoms with E-state index in [-0.39, 0.29) is 0 Å². The van der Waals surface area contributed by atoms with E-state index in [1.165, 1.54) is 57.8 Å². The number of unbranched alkanes of at least 4 members (excludes halogenated alkanes) is 4. The molecule has 0 amide bonds. The first-order valence-corrected chi connectivity index (χ1v) is 19.9. The van der Waals surface area contributed by atoms with E-state index in [4.69, 9.17) is 0 Å². The van der Waals surface area contributed by atoms with E-state index in [1.807, 2.05) is 11.3 Å². The van der Waals surface area contributed by atoms with Gasteiger partial charge in [-0.1, -0.05) is 0 Å². The van der Waals surface area contributed by atoms with Gasteiger partial charge in [-0.25, -0.2) is 0 Å². The summed E-state index contributed by atoms with van der Waals surface area (Å²) in [6.07, 6.45) is 12.6. The van der Waals surface area contributed by atoms with Gasteiger partial charge in [0.05, 0.1) is 0 Å². The van der Waals surface area contributed by atoms with E-state index in [1.54, 1.807) is 8.46 Å². The molecule has 0 aromatic carbocycles. The molecular formula is C19H36SSn. The Labute approximate surface area is 141 Å². The summed E-state index contributed by atoms with van der Waals surface area (Å²) in [6.45, 7) is 4.63. The Morgan fingerprint density at radius 3 is 2.19 bits per heavy atom. The van der Waals surface area contributed by atoms with Gasteiger partial charge in [0.15, 0.2) is 0 Å². The Hall–Kier alpha value is 0.499. The molecule has 2 heteroatoms. The predicted molar refractivity (Wildman–Crippen MR) is 103 cm³/mol. The van der Waals surface area contributed by atoms with Gasteiger partial charge in [0.1, 0.15) is 0 Å². The van der Waals surface area contributed by atoms with Gasteiger partial charge in [0, 0.05) is 0 Å². The molecule has 21 heavy (non-hydrogen) atoms. The maximum atomic E-state index is 2.56. The second-order valence-electron chi connectivity index (χ2n) is 7.63. The molecule has 1 aromatic heterocycles. The number of thiophene rings is 1. The molecule has 0 N–H and O–H groups in total. The Kier molecular flexibility index (Phi) is 9.59. The molecule has 0 fully saturated rings. The van der Waals surface area contributed by atoms with Gasteiger partial charge in [-0.2, -0.15) is 0 Å². The zero-order valence-corrected chi connectivity index (χ0v) is 18.7. The van der Waals surface area contributed by atoms with Crippen molar-refractivity contribution in [1.29, 1.82) is 0 Å². The minimum atomic E-state index is -1.83. The third-order valence-electron chi connectivity index (χ3n) is 4.35. The molecule has 0 spiro atoms. The average Bonchev–Trinajstić information content (AvgIpc) is 2.89. The van der Waals surface area contributed by atoms with Crippen molar-refractivity contribution in [3.63, 3.8) is 0 Å². The van der Waals surface area contributed by atoms with Gasteiger partial charge >= 0.3 is 142 Å². The second-order valence-corrected chi connectivity index (χ2v) is 24.0. The zero-order valence-electron chi connectivity index (χ0n) is 15.0. The van der Waals surface area contributed by atoms with Crippen LogP contribution in [0.3, 0.4) is 0 Å². The molecule has 0 saturated heterocycles. The standard InChI is InChI=1S/C16H27S.3CH3.Sn/c1-3-5-7-8-10-15(9-6-4-2)13-16-11-12-17-14-16;;;;/h11,14-15H,3-10,13H2,1-2H3;3*1H3;. The fourth-order valence-corrected chi connectivity index (χ4v) is 9.22. The van der Waals surface area contributed by atoms with E-state index in [9.17, 15) is 0 Å². The van der Waals surface area contributed by atoms with Gasteiger partial charge < -0.3 is 0 Å². The minimum absolute atomic E-state index is 0.930. The Bertz CT molecular complexity index is 375. The van der Waals surface area contributed by atoms with Gasteiger partial charge in [-0.05, 0) is 0 Å². The average molecular weight is 415 g/mol. The van der Waals surface area contributed by atoms with E-state index < -0.39 is 18.4 Å². The topological polar surface area (TPSA) is 0 Å². The maximum absolute atomic E-state index is 2.56. The third kappa shape index (κ3) is 8.06. The zero-order chi connectivity index (χ0) is 15.7. The Morgan fingerprint density at radius 2 is 1.62 bits per heavy atom. The Balaban J connectivity index is 2.52. The van der Waals surface area contributed by atoms with E-state index >= 15 is 0 Å². The SMILES string of the molecule is CCCCCCC(CCCC)Cc1cs[c]([Sn]([CH3])([CH3])[CH3])c1.